The Morgan fingerprint density at radius 3 is 2.53 bits per heavy atom. The highest BCUT2D eigenvalue weighted by Crippen LogP contribution is 2.23. The number of hydrogen-bond donors (Lipinski definition) is 5. The molecular weight excluding hydrogens is 645 g/mol. The maximum absolute atomic E-state index is 12.1. The average Bonchev–Trinajstić information content (AvgIpc) is 2.84. The molecule has 11 nitrogen and oxygen atoms in total. The Morgan fingerprint density at radius 2 is 1.83 bits per heavy atom. The first-order valence-corrected chi connectivity index (χ1v) is 13.4. The summed E-state index contributed by atoms with van der Waals surface area (Å²) in [6.07, 6.45) is 2.54. The number of anilines is 4. The van der Waals surface area contributed by atoms with Gasteiger partial charge in [-0.05, 0) is 54.4 Å². The Kier molecular flexibility index (Phi) is 11.5. The van der Waals surface area contributed by atoms with E-state index in [1.54, 1.807) is 24.4 Å². The third-order valence-electron chi connectivity index (χ3n) is 5.04. The number of halogens is 2. The van der Waals surface area contributed by atoms with Crippen molar-refractivity contribution in [1.29, 1.82) is 0 Å². The van der Waals surface area contributed by atoms with Crippen LogP contribution in [0.5, 0.6) is 0 Å². The van der Waals surface area contributed by atoms with Crippen molar-refractivity contribution in [1.82, 2.24) is 15.3 Å². The number of rotatable bonds is 14. The first kappa shape index (κ1) is 29.4. The van der Waals surface area contributed by atoms with Crippen LogP contribution in [0.4, 0.5) is 23.1 Å². The molecule has 0 spiro atoms. The highest BCUT2D eigenvalue weighted by atomic mass is 127. The minimum atomic E-state index is -1.27. The minimum Gasteiger partial charge on any atom is -0.369 e. The molecule has 0 atom stereocenters. The van der Waals surface area contributed by atoms with Gasteiger partial charge in [-0.15, -0.1) is 0 Å². The molecule has 0 saturated heterocycles. The van der Waals surface area contributed by atoms with Crippen LogP contribution < -0.4 is 27.0 Å². The number of benzene rings is 1. The summed E-state index contributed by atoms with van der Waals surface area (Å²) >= 11 is 5.39. The van der Waals surface area contributed by atoms with Crippen LogP contribution in [0, 0.1) is 5.41 Å². The van der Waals surface area contributed by atoms with Crippen LogP contribution in [-0.4, -0.2) is 51.0 Å². The normalized spacial score (nSPS) is 10.9. The van der Waals surface area contributed by atoms with Crippen LogP contribution in [-0.2, 0) is 19.2 Å². The number of nitrogens with two attached hydrogens (primary N) is 1. The third-order valence-corrected chi connectivity index (χ3v) is 6.47. The van der Waals surface area contributed by atoms with E-state index in [0.717, 1.165) is 0 Å². The first-order valence-electron chi connectivity index (χ1n) is 11.1. The number of amides is 3. The van der Waals surface area contributed by atoms with Crippen molar-refractivity contribution in [2.75, 3.05) is 33.5 Å². The fourth-order valence-electron chi connectivity index (χ4n) is 2.73. The Balaban J connectivity index is 1.89. The van der Waals surface area contributed by atoms with Crippen LogP contribution in [0.1, 0.15) is 33.1 Å². The zero-order chi connectivity index (χ0) is 26.7. The molecule has 0 bridgehead atoms. The van der Waals surface area contributed by atoms with Crippen molar-refractivity contribution in [3.8, 4) is 0 Å². The van der Waals surface area contributed by atoms with E-state index >= 15 is 0 Å². The van der Waals surface area contributed by atoms with Crippen LogP contribution in [0.2, 0.25) is 0 Å². The molecule has 0 aliphatic carbocycles. The van der Waals surface area contributed by atoms with E-state index in [4.69, 9.17) is 5.73 Å². The number of nitrogens with zero attached hydrogens (tertiary/aromatic N) is 2. The molecule has 2 aromatic rings. The molecular formula is C23H29BrIN7O4. The van der Waals surface area contributed by atoms with Gasteiger partial charge in [0.05, 0.1) is 8.90 Å². The maximum Gasteiger partial charge on any atom is 0.235 e. The van der Waals surface area contributed by atoms with Gasteiger partial charge in [-0.2, -0.15) is 4.98 Å². The summed E-state index contributed by atoms with van der Waals surface area (Å²) in [5.74, 6) is -0.397. The second kappa shape index (κ2) is 14.1. The zero-order valence-electron chi connectivity index (χ0n) is 20.0. The predicted octanol–water partition coefficient (Wildman–Crippen LogP) is 3.14. The lowest BCUT2D eigenvalue weighted by Gasteiger charge is -2.19. The molecule has 0 aliphatic rings. The van der Waals surface area contributed by atoms with Crippen molar-refractivity contribution in [2.24, 2.45) is 11.1 Å². The van der Waals surface area contributed by atoms with Gasteiger partial charge < -0.3 is 27.0 Å². The monoisotopic (exact) mass is 673 g/mol. The summed E-state index contributed by atoms with van der Waals surface area (Å²) in [4.78, 5) is 55.6. The van der Waals surface area contributed by atoms with E-state index in [1.807, 2.05) is 28.7 Å². The van der Waals surface area contributed by atoms with Gasteiger partial charge in [0.2, 0.25) is 23.7 Å². The molecule has 0 unspecified atom stereocenters. The Bertz CT molecular complexity index is 1110. The fourth-order valence-corrected chi connectivity index (χ4v) is 3.44. The van der Waals surface area contributed by atoms with Crippen molar-refractivity contribution >= 4 is 85.2 Å². The predicted molar refractivity (Wildman–Crippen MR) is 150 cm³/mol. The lowest BCUT2D eigenvalue weighted by Crippen LogP contribution is -2.46. The Hall–Kier alpha value is -2.81. The molecule has 0 radical (unpaired) electrons. The number of Topliss-reactive ketones (excluding diaryl/α,β-unsaturated/α-hetero) is 1. The highest BCUT2D eigenvalue weighted by Gasteiger charge is 2.33. The molecule has 1 aromatic heterocycles. The largest absolute Gasteiger partial charge is 0.369 e. The summed E-state index contributed by atoms with van der Waals surface area (Å²) in [6.45, 7) is 3.83. The summed E-state index contributed by atoms with van der Waals surface area (Å²) in [6, 6.07) is 7.08. The summed E-state index contributed by atoms with van der Waals surface area (Å²) in [5.41, 5.74) is 5.24. The van der Waals surface area contributed by atoms with Crippen LogP contribution in [0.3, 0.4) is 0 Å². The SMILES string of the molecule is CC(C)(C(N)=O)C(=O)NCCCNc1nc(Nc2cccc(NC(=O)CCC(=O)CI)c2)ncc1Br. The van der Waals surface area contributed by atoms with E-state index in [-0.39, 0.29) is 24.5 Å². The molecule has 0 saturated carbocycles. The molecule has 3 amide bonds. The third kappa shape index (κ3) is 9.33. The van der Waals surface area contributed by atoms with Gasteiger partial charge in [0, 0.05) is 43.5 Å². The van der Waals surface area contributed by atoms with Gasteiger partial charge in [-0.25, -0.2) is 4.98 Å². The molecule has 0 fully saturated rings. The standard InChI is InChI=1S/C23H29BrIN7O4/c1-23(2,20(26)35)21(36)28-10-4-9-27-19-17(24)13-29-22(32-19)31-15-6-3-5-14(11-15)30-18(34)8-7-16(33)12-25/h3,5-6,11,13H,4,7-10,12H2,1-2H3,(H2,26,35)(H,28,36)(H,30,34)(H2,27,29,31,32). The molecule has 36 heavy (non-hydrogen) atoms. The lowest BCUT2D eigenvalue weighted by atomic mass is 9.91. The second-order valence-corrected chi connectivity index (χ2v) is 9.96. The summed E-state index contributed by atoms with van der Waals surface area (Å²) in [5, 5.41) is 11.8. The molecule has 13 heteroatoms. The van der Waals surface area contributed by atoms with Gasteiger partial charge in [0.15, 0.2) is 0 Å². The van der Waals surface area contributed by atoms with E-state index in [1.165, 1.54) is 13.8 Å². The number of primary amides is 1. The van der Waals surface area contributed by atoms with Gasteiger partial charge in [0.1, 0.15) is 17.0 Å². The van der Waals surface area contributed by atoms with E-state index < -0.39 is 17.2 Å². The smallest absolute Gasteiger partial charge is 0.235 e. The Labute approximate surface area is 231 Å². The summed E-state index contributed by atoms with van der Waals surface area (Å²) in [7, 11) is 0. The fraction of sp³-hybridized carbons (Fsp3) is 0.391. The van der Waals surface area contributed by atoms with Crippen LogP contribution >= 0.6 is 38.5 Å². The minimum absolute atomic E-state index is 0.0368. The number of ketones is 1. The number of alkyl halides is 1. The van der Waals surface area contributed by atoms with Gasteiger partial charge >= 0.3 is 0 Å². The van der Waals surface area contributed by atoms with Gasteiger partial charge in [0.25, 0.3) is 0 Å². The topological polar surface area (TPSA) is 168 Å². The molecule has 6 N–H and O–H groups in total. The highest BCUT2D eigenvalue weighted by molar-refractivity contribution is 14.1. The number of carbonyl (C=O) groups excluding carboxylic acids is 4. The number of nitrogens with one attached hydrogen (secondary N) is 4. The first-order chi connectivity index (χ1) is 17.0. The zero-order valence-corrected chi connectivity index (χ0v) is 23.7. The second-order valence-electron chi connectivity index (χ2n) is 8.34. The maximum atomic E-state index is 12.1. The van der Waals surface area contributed by atoms with E-state index in [0.29, 0.717) is 51.6 Å². The van der Waals surface area contributed by atoms with Gasteiger partial charge in [-0.1, -0.05) is 28.7 Å². The molecule has 0 aliphatic heterocycles. The number of hydrogen-bond acceptors (Lipinski definition) is 8. The average molecular weight is 674 g/mol. The Morgan fingerprint density at radius 1 is 1.11 bits per heavy atom. The van der Waals surface area contributed by atoms with Crippen molar-refractivity contribution in [3.05, 3.63) is 34.9 Å². The molecule has 194 valence electrons. The molecule has 1 heterocycles. The van der Waals surface area contributed by atoms with Crippen LogP contribution in [0.25, 0.3) is 0 Å². The van der Waals surface area contributed by atoms with E-state index in [9.17, 15) is 19.2 Å². The summed E-state index contributed by atoms with van der Waals surface area (Å²) < 4.78 is 1.05. The lowest BCUT2D eigenvalue weighted by molar-refractivity contribution is -0.139. The number of carbonyl (C=O) groups is 4. The van der Waals surface area contributed by atoms with Crippen molar-refractivity contribution < 1.29 is 19.2 Å². The quantitative estimate of drug-likeness (QED) is 0.0882. The van der Waals surface area contributed by atoms with Crippen LogP contribution in [0.15, 0.2) is 34.9 Å². The van der Waals surface area contributed by atoms with Gasteiger partial charge in [-0.3, -0.25) is 19.2 Å². The molecule has 2 rings (SSSR count). The van der Waals surface area contributed by atoms with Crippen molar-refractivity contribution in [3.63, 3.8) is 0 Å². The van der Waals surface area contributed by atoms with Crippen molar-refractivity contribution in [2.45, 2.75) is 33.1 Å². The van der Waals surface area contributed by atoms with E-state index in [2.05, 4.69) is 47.2 Å². The number of aromatic nitrogens is 2. The molecule has 1 aromatic carbocycles.